The van der Waals surface area contributed by atoms with E-state index >= 15 is 0 Å². The number of anilines is 2. The maximum absolute atomic E-state index is 13.6. The number of nitrogens with one attached hydrogen (secondary N) is 1. The Bertz CT molecular complexity index is 873. The van der Waals surface area contributed by atoms with Crippen LogP contribution in [-0.2, 0) is 19.9 Å². The van der Waals surface area contributed by atoms with Gasteiger partial charge in [-0.25, -0.2) is 0 Å². The number of aliphatic hydroxyl groups is 1. The van der Waals surface area contributed by atoms with Gasteiger partial charge in [0.2, 0.25) is 5.91 Å². The predicted octanol–water partition coefficient (Wildman–Crippen LogP) is 0.779. The molecule has 8 nitrogen and oxygen atoms in total. The Balaban J connectivity index is 1.83. The molecule has 3 aliphatic rings. The minimum Gasteiger partial charge on any atom is -0.432 e. The van der Waals surface area contributed by atoms with Crippen molar-refractivity contribution in [2.45, 2.75) is 43.7 Å². The van der Waals surface area contributed by atoms with Crippen molar-refractivity contribution in [3.63, 3.8) is 0 Å². The summed E-state index contributed by atoms with van der Waals surface area (Å²) in [6.45, 7) is 7.19. The highest BCUT2D eigenvalue weighted by Gasteiger charge is 2.65. The molecule has 3 heterocycles. The highest BCUT2D eigenvalue weighted by atomic mass is 28.4. The molecule has 1 aromatic rings. The minimum atomic E-state index is -2.69. The van der Waals surface area contributed by atoms with E-state index in [2.05, 4.69) is 5.32 Å². The number of aliphatic hydroxyl groups excluding tert-OH is 1. The van der Waals surface area contributed by atoms with Gasteiger partial charge in [0.05, 0.1) is 18.3 Å². The summed E-state index contributed by atoms with van der Waals surface area (Å²) in [4.78, 5) is 40.3. The average Bonchev–Trinajstić information content (AvgIpc) is 3.10. The predicted molar refractivity (Wildman–Crippen MR) is 116 cm³/mol. The summed E-state index contributed by atoms with van der Waals surface area (Å²) in [5.41, 5.74) is 0.849. The van der Waals surface area contributed by atoms with Crippen molar-refractivity contribution in [1.82, 2.24) is 5.32 Å². The molecule has 0 radical (unpaired) electrons. The molecule has 0 bridgehead atoms. The number of benzene rings is 1. The highest BCUT2D eigenvalue weighted by Crippen LogP contribution is 2.59. The summed E-state index contributed by atoms with van der Waals surface area (Å²) in [6, 6.07) is 5.65. The zero-order chi connectivity index (χ0) is 21.8. The molecule has 0 aromatic heterocycles. The van der Waals surface area contributed by atoms with Gasteiger partial charge in [-0.3, -0.25) is 9.59 Å². The molecule has 2 fully saturated rings. The molecule has 3 N–H and O–H groups in total. The average molecular weight is 434 g/mol. The Labute approximate surface area is 177 Å². The van der Waals surface area contributed by atoms with E-state index in [-0.39, 0.29) is 29.9 Å². The lowest BCUT2D eigenvalue weighted by Crippen LogP contribution is -2.48. The highest BCUT2D eigenvalue weighted by molar-refractivity contribution is 6.71. The van der Waals surface area contributed by atoms with Gasteiger partial charge in [0, 0.05) is 49.5 Å². The maximum atomic E-state index is 13.6. The van der Waals surface area contributed by atoms with Crippen LogP contribution >= 0.6 is 0 Å². The normalized spacial score (nSPS) is 31.7. The van der Waals surface area contributed by atoms with E-state index in [4.69, 9.17) is 4.74 Å². The van der Waals surface area contributed by atoms with Gasteiger partial charge >= 0.3 is 0 Å². The van der Waals surface area contributed by atoms with E-state index in [0.29, 0.717) is 26.1 Å². The fourth-order valence-corrected chi connectivity index (χ4v) is 8.22. The van der Waals surface area contributed by atoms with Gasteiger partial charge in [0.25, 0.3) is 5.91 Å². The third kappa shape index (κ3) is 3.03. The van der Waals surface area contributed by atoms with E-state index in [1.165, 1.54) is 0 Å². The summed E-state index contributed by atoms with van der Waals surface area (Å²) < 4.78 is 6.49. The number of fused-ring (bicyclic) bond motifs is 2. The SMILES string of the molecule is C[C@@H]1[C@@H]([Si](C)(C)O)[C@H](CCO)O[C@@]12C(=O)N(C)c1ccc(N3CCNCC3=O)cc12. The van der Waals surface area contributed by atoms with Gasteiger partial charge in [-0.05, 0) is 37.7 Å². The van der Waals surface area contributed by atoms with Crippen LogP contribution in [0.4, 0.5) is 11.4 Å². The maximum Gasteiger partial charge on any atom is 0.264 e. The number of likely N-dealkylation sites (N-methyl/N-ethyl adjacent to an activating group) is 1. The van der Waals surface area contributed by atoms with Gasteiger partial charge in [-0.2, -0.15) is 0 Å². The summed E-state index contributed by atoms with van der Waals surface area (Å²) >= 11 is 0. The van der Waals surface area contributed by atoms with Crippen molar-refractivity contribution in [2.75, 3.05) is 43.1 Å². The third-order valence-corrected chi connectivity index (χ3v) is 9.42. The Hall–Kier alpha value is -1.78. The van der Waals surface area contributed by atoms with Crippen LogP contribution < -0.4 is 15.1 Å². The molecule has 4 rings (SSSR count). The van der Waals surface area contributed by atoms with Gasteiger partial charge in [0.1, 0.15) is 0 Å². The van der Waals surface area contributed by atoms with E-state index in [1.54, 1.807) is 16.8 Å². The van der Waals surface area contributed by atoms with E-state index in [9.17, 15) is 19.5 Å². The molecule has 1 aromatic carbocycles. The molecule has 2 saturated heterocycles. The largest absolute Gasteiger partial charge is 0.432 e. The number of nitrogens with zero attached hydrogens (tertiary/aromatic N) is 2. The number of rotatable bonds is 4. The van der Waals surface area contributed by atoms with E-state index in [0.717, 1.165) is 16.9 Å². The van der Waals surface area contributed by atoms with Crippen molar-refractivity contribution < 1.29 is 24.2 Å². The minimum absolute atomic E-state index is 0.00625. The molecule has 3 aliphatic heterocycles. The lowest BCUT2D eigenvalue weighted by molar-refractivity contribution is -0.146. The molecule has 9 heteroatoms. The lowest BCUT2D eigenvalue weighted by Gasteiger charge is -2.33. The quantitative estimate of drug-likeness (QED) is 0.607. The Kier molecular flexibility index (Phi) is 5.30. The second kappa shape index (κ2) is 7.42. The molecule has 2 amide bonds. The second-order valence-electron chi connectivity index (χ2n) is 9.16. The van der Waals surface area contributed by atoms with Crippen molar-refractivity contribution in [2.24, 2.45) is 5.92 Å². The summed E-state index contributed by atoms with van der Waals surface area (Å²) in [5, 5.41) is 12.7. The number of carbonyl (C=O) groups is 2. The molecule has 0 aliphatic carbocycles. The molecular formula is C21H31N3O5Si. The molecule has 4 atom stereocenters. The van der Waals surface area contributed by atoms with Gasteiger partial charge in [0.15, 0.2) is 13.9 Å². The first kappa shape index (κ1) is 21.4. The van der Waals surface area contributed by atoms with Crippen LogP contribution in [0.1, 0.15) is 18.9 Å². The standard InChI is InChI=1S/C21H31N3O5Si/c1-13-19(30(3,4)28)17(7-10-25)29-21(13)15-11-14(24-9-8-22-12-18(24)26)5-6-16(15)23(2)20(21)27/h5-6,11,13,17,19,22,25,28H,7-10,12H2,1-4H3/t13-,17+,19-,21+/m1/s1. The number of carbonyl (C=O) groups excluding carboxylic acids is 2. The zero-order valence-corrected chi connectivity index (χ0v) is 19.0. The van der Waals surface area contributed by atoms with Crippen LogP contribution in [0, 0.1) is 5.92 Å². The van der Waals surface area contributed by atoms with Crippen LogP contribution in [0.2, 0.25) is 18.6 Å². The smallest absolute Gasteiger partial charge is 0.264 e. The molecule has 0 unspecified atom stereocenters. The summed E-state index contributed by atoms with van der Waals surface area (Å²) in [5.74, 6) is -0.420. The number of piperazine rings is 1. The van der Waals surface area contributed by atoms with Gasteiger partial charge in [-0.15, -0.1) is 0 Å². The van der Waals surface area contributed by atoms with Crippen molar-refractivity contribution in [3.8, 4) is 0 Å². The van der Waals surface area contributed by atoms with Gasteiger partial charge in [-0.1, -0.05) is 6.92 Å². The van der Waals surface area contributed by atoms with Crippen molar-refractivity contribution >= 4 is 31.5 Å². The van der Waals surface area contributed by atoms with Crippen LogP contribution in [0.25, 0.3) is 0 Å². The number of amides is 2. The number of ether oxygens (including phenoxy) is 1. The number of hydrogen-bond donors (Lipinski definition) is 3. The topological polar surface area (TPSA) is 102 Å². The van der Waals surface area contributed by atoms with E-state index in [1.807, 2.05) is 38.2 Å². The molecular weight excluding hydrogens is 402 g/mol. The molecule has 30 heavy (non-hydrogen) atoms. The Morgan fingerprint density at radius 3 is 2.70 bits per heavy atom. The van der Waals surface area contributed by atoms with E-state index < -0.39 is 20.0 Å². The van der Waals surface area contributed by atoms with Crippen LogP contribution in [0.15, 0.2) is 18.2 Å². The van der Waals surface area contributed by atoms with Gasteiger partial charge < -0.3 is 29.8 Å². The van der Waals surface area contributed by atoms with Crippen molar-refractivity contribution in [3.05, 3.63) is 23.8 Å². The van der Waals surface area contributed by atoms with Crippen LogP contribution in [-0.4, -0.2) is 69.4 Å². The molecule has 164 valence electrons. The zero-order valence-electron chi connectivity index (χ0n) is 18.0. The summed E-state index contributed by atoms with van der Waals surface area (Å²) in [6.07, 6.45) is -0.0276. The third-order valence-electron chi connectivity index (χ3n) is 6.91. The first-order valence-corrected chi connectivity index (χ1v) is 13.6. The Morgan fingerprint density at radius 2 is 2.07 bits per heavy atom. The monoisotopic (exact) mass is 433 g/mol. The Morgan fingerprint density at radius 1 is 1.33 bits per heavy atom. The van der Waals surface area contributed by atoms with Crippen molar-refractivity contribution in [1.29, 1.82) is 0 Å². The summed E-state index contributed by atoms with van der Waals surface area (Å²) in [7, 11) is -0.957. The lowest BCUT2D eigenvalue weighted by atomic mass is 9.82. The second-order valence-corrected chi connectivity index (χ2v) is 13.1. The fraction of sp³-hybridized carbons (Fsp3) is 0.619. The van der Waals surface area contributed by atoms with Crippen LogP contribution in [0.3, 0.4) is 0 Å². The first-order valence-electron chi connectivity index (χ1n) is 10.6. The first-order chi connectivity index (χ1) is 14.1. The molecule has 1 spiro atoms. The number of hydrogen-bond acceptors (Lipinski definition) is 6. The molecule has 0 saturated carbocycles. The fourth-order valence-electron chi connectivity index (χ4n) is 5.62. The van der Waals surface area contributed by atoms with Crippen LogP contribution in [0.5, 0.6) is 0 Å².